The van der Waals surface area contributed by atoms with Gasteiger partial charge in [0.05, 0.1) is 6.61 Å². The minimum absolute atomic E-state index is 0.721. The maximum absolute atomic E-state index is 5.51. The highest BCUT2D eigenvalue weighted by Gasteiger charge is 2.16. The van der Waals surface area contributed by atoms with Gasteiger partial charge in [-0.2, -0.15) is 0 Å². The number of hydrogen-bond donors (Lipinski definition) is 1. The Kier molecular flexibility index (Phi) is 4.88. The predicted molar refractivity (Wildman–Crippen MR) is 76.3 cm³/mol. The van der Waals surface area contributed by atoms with Gasteiger partial charge in [-0.25, -0.2) is 0 Å². The number of likely N-dealkylation sites (tertiary alicyclic amines) is 1. The first-order valence-corrected chi connectivity index (χ1v) is 6.93. The number of benzene rings is 1. The summed E-state index contributed by atoms with van der Waals surface area (Å²) in [6.07, 6.45) is 2.60. The molecule has 18 heavy (non-hydrogen) atoms. The van der Waals surface area contributed by atoms with Crippen LogP contribution in [0.2, 0.25) is 0 Å². The van der Waals surface area contributed by atoms with Gasteiger partial charge in [-0.15, -0.1) is 0 Å². The van der Waals surface area contributed by atoms with Crippen molar-refractivity contribution in [2.24, 2.45) is 5.92 Å². The highest BCUT2D eigenvalue weighted by Crippen LogP contribution is 2.20. The highest BCUT2D eigenvalue weighted by molar-refractivity contribution is 5.48. The van der Waals surface area contributed by atoms with Gasteiger partial charge < -0.3 is 15.0 Å². The lowest BCUT2D eigenvalue weighted by Crippen LogP contribution is -2.32. The van der Waals surface area contributed by atoms with Crippen LogP contribution in [-0.2, 0) is 0 Å². The van der Waals surface area contributed by atoms with E-state index in [4.69, 9.17) is 4.74 Å². The number of piperidine rings is 1. The molecule has 0 unspecified atom stereocenters. The molecule has 2 rings (SSSR count). The molecule has 0 atom stereocenters. The number of rotatable bonds is 5. The summed E-state index contributed by atoms with van der Waals surface area (Å²) in [6.45, 7) is 6.26. The van der Waals surface area contributed by atoms with Crippen molar-refractivity contribution in [1.29, 1.82) is 0 Å². The van der Waals surface area contributed by atoms with E-state index in [2.05, 4.69) is 29.4 Å². The molecule has 1 N–H and O–H groups in total. The van der Waals surface area contributed by atoms with E-state index < -0.39 is 0 Å². The van der Waals surface area contributed by atoms with Gasteiger partial charge in [0.2, 0.25) is 0 Å². The smallest absolute Gasteiger partial charge is 0.121 e. The van der Waals surface area contributed by atoms with Crippen LogP contribution in [0.25, 0.3) is 0 Å². The fourth-order valence-electron chi connectivity index (χ4n) is 2.39. The van der Waals surface area contributed by atoms with Crippen molar-refractivity contribution >= 4 is 5.69 Å². The van der Waals surface area contributed by atoms with E-state index >= 15 is 0 Å². The van der Waals surface area contributed by atoms with Gasteiger partial charge in [0.1, 0.15) is 5.75 Å². The molecule has 100 valence electrons. The van der Waals surface area contributed by atoms with E-state index in [1.165, 1.54) is 31.6 Å². The van der Waals surface area contributed by atoms with Gasteiger partial charge in [0.15, 0.2) is 0 Å². The first kappa shape index (κ1) is 13.2. The molecule has 0 spiro atoms. The van der Waals surface area contributed by atoms with E-state index in [1.807, 2.05) is 19.1 Å². The molecule has 1 saturated heterocycles. The summed E-state index contributed by atoms with van der Waals surface area (Å²) in [5.41, 5.74) is 1.17. The van der Waals surface area contributed by atoms with Gasteiger partial charge in [-0.1, -0.05) is 6.07 Å². The van der Waals surface area contributed by atoms with Crippen molar-refractivity contribution in [3.8, 4) is 5.75 Å². The summed E-state index contributed by atoms with van der Waals surface area (Å²) in [7, 11) is 2.20. The number of hydrogen-bond acceptors (Lipinski definition) is 3. The molecule has 0 bridgehead atoms. The molecule has 0 aliphatic carbocycles. The van der Waals surface area contributed by atoms with Crippen molar-refractivity contribution in [1.82, 2.24) is 4.90 Å². The second-order valence-electron chi connectivity index (χ2n) is 5.09. The fraction of sp³-hybridized carbons (Fsp3) is 0.600. The molecule has 1 aliphatic heterocycles. The minimum atomic E-state index is 0.721. The van der Waals surface area contributed by atoms with Crippen molar-refractivity contribution in [2.75, 3.05) is 38.6 Å². The lowest BCUT2D eigenvalue weighted by molar-refractivity contribution is 0.226. The molecule has 1 aromatic rings. The van der Waals surface area contributed by atoms with Crippen LogP contribution in [-0.4, -0.2) is 38.2 Å². The Hall–Kier alpha value is -1.22. The fourth-order valence-corrected chi connectivity index (χ4v) is 2.39. The first-order valence-electron chi connectivity index (χ1n) is 6.93. The van der Waals surface area contributed by atoms with Gasteiger partial charge in [0.25, 0.3) is 0 Å². The van der Waals surface area contributed by atoms with Crippen LogP contribution in [0.4, 0.5) is 5.69 Å². The molecule has 1 heterocycles. The van der Waals surface area contributed by atoms with Gasteiger partial charge in [0, 0.05) is 18.3 Å². The molecule has 1 aliphatic rings. The zero-order chi connectivity index (χ0) is 12.8. The molecule has 0 aromatic heterocycles. The Labute approximate surface area is 110 Å². The maximum atomic E-state index is 5.51. The van der Waals surface area contributed by atoms with E-state index in [-0.39, 0.29) is 0 Å². The lowest BCUT2D eigenvalue weighted by atomic mass is 9.97. The Bertz CT molecular complexity index is 359. The lowest BCUT2D eigenvalue weighted by Gasteiger charge is -2.29. The molecule has 1 fully saturated rings. The SMILES string of the molecule is CCOc1cccc(NCC2CCN(C)CC2)c1. The third-order valence-electron chi connectivity index (χ3n) is 3.58. The van der Waals surface area contributed by atoms with E-state index in [0.717, 1.165) is 24.8 Å². The summed E-state index contributed by atoms with van der Waals surface area (Å²) >= 11 is 0. The second-order valence-corrected chi connectivity index (χ2v) is 5.09. The van der Waals surface area contributed by atoms with Crippen molar-refractivity contribution in [3.05, 3.63) is 24.3 Å². The monoisotopic (exact) mass is 248 g/mol. The summed E-state index contributed by atoms with van der Waals surface area (Å²) in [5, 5.41) is 3.53. The van der Waals surface area contributed by atoms with E-state index in [1.54, 1.807) is 0 Å². The zero-order valence-electron chi connectivity index (χ0n) is 11.5. The normalized spacial score (nSPS) is 17.7. The quantitative estimate of drug-likeness (QED) is 0.867. The highest BCUT2D eigenvalue weighted by atomic mass is 16.5. The number of anilines is 1. The molecule has 1 aromatic carbocycles. The van der Waals surface area contributed by atoms with Crippen molar-refractivity contribution in [3.63, 3.8) is 0 Å². The number of ether oxygens (including phenoxy) is 1. The third kappa shape index (κ3) is 3.91. The van der Waals surface area contributed by atoms with Crippen molar-refractivity contribution < 1.29 is 4.74 Å². The predicted octanol–water partition coefficient (Wildman–Crippen LogP) is 2.84. The molecular formula is C15H24N2O. The maximum Gasteiger partial charge on any atom is 0.121 e. The molecule has 0 radical (unpaired) electrons. The van der Waals surface area contributed by atoms with Crippen LogP contribution in [0, 0.1) is 5.92 Å². The van der Waals surface area contributed by atoms with Crippen LogP contribution in [0.5, 0.6) is 5.75 Å². The van der Waals surface area contributed by atoms with Crippen LogP contribution in [0.3, 0.4) is 0 Å². The van der Waals surface area contributed by atoms with Crippen LogP contribution in [0.1, 0.15) is 19.8 Å². The zero-order valence-corrected chi connectivity index (χ0v) is 11.5. The Morgan fingerprint density at radius 2 is 2.11 bits per heavy atom. The first-order chi connectivity index (χ1) is 8.78. The molecule has 0 amide bonds. The summed E-state index contributed by atoms with van der Waals surface area (Å²) < 4.78 is 5.51. The molecular weight excluding hydrogens is 224 g/mol. The largest absolute Gasteiger partial charge is 0.494 e. The Balaban J connectivity index is 1.80. The van der Waals surface area contributed by atoms with E-state index in [0.29, 0.717) is 0 Å². The summed E-state index contributed by atoms with van der Waals surface area (Å²) in [5.74, 6) is 1.75. The average Bonchev–Trinajstić information content (AvgIpc) is 2.39. The standard InChI is InChI=1S/C15H24N2O/c1-3-18-15-6-4-5-14(11-15)16-12-13-7-9-17(2)10-8-13/h4-6,11,13,16H,3,7-10,12H2,1-2H3. The van der Waals surface area contributed by atoms with Gasteiger partial charge in [-0.05, 0) is 58.0 Å². The number of nitrogens with zero attached hydrogens (tertiary/aromatic N) is 1. The second kappa shape index (κ2) is 6.64. The topological polar surface area (TPSA) is 24.5 Å². The Morgan fingerprint density at radius 3 is 2.83 bits per heavy atom. The van der Waals surface area contributed by atoms with Gasteiger partial charge >= 0.3 is 0 Å². The molecule has 0 saturated carbocycles. The number of nitrogens with one attached hydrogen (secondary N) is 1. The minimum Gasteiger partial charge on any atom is -0.494 e. The van der Waals surface area contributed by atoms with Crippen molar-refractivity contribution in [2.45, 2.75) is 19.8 Å². The molecule has 3 nitrogen and oxygen atoms in total. The summed E-state index contributed by atoms with van der Waals surface area (Å²) in [6, 6.07) is 8.24. The van der Waals surface area contributed by atoms with Crippen LogP contribution < -0.4 is 10.1 Å². The van der Waals surface area contributed by atoms with Crippen LogP contribution >= 0.6 is 0 Å². The summed E-state index contributed by atoms with van der Waals surface area (Å²) in [4.78, 5) is 2.41. The third-order valence-corrected chi connectivity index (χ3v) is 3.58. The van der Waals surface area contributed by atoms with Gasteiger partial charge in [-0.3, -0.25) is 0 Å². The average molecular weight is 248 g/mol. The van der Waals surface area contributed by atoms with Crippen LogP contribution in [0.15, 0.2) is 24.3 Å². The van der Waals surface area contributed by atoms with E-state index in [9.17, 15) is 0 Å². The molecule has 3 heteroatoms. The Morgan fingerprint density at radius 1 is 1.33 bits per heavy atom.